The van der Waals surface area contributed by atoms with E-state index in [4.69, 9.17) is 10.8 Å². The first-order chi connectivity index (χ1) is 8.24. The Balaban J connectivity index is 2.87. The molecule has 0 saturated carbocycles. The van der Waals surface area contributed by atoms with Crippen LogP contribution in [0.2, 0.25) is 0 Å². The van der Waals surface area contributed by atoms with E-state index in [0.29, 0.717) is 0 Å². The summed E-state index contributed by atoms with van der Waals surface area (Å²) in [5, 5.41) is 8.78. The molecular formula is C9H11F3N2O3S. The minimum absolute atomic E-state index is 0.353. The average Bonchev–Trinajstić information content (AvgIpc) is 2.25. The highest BCUT2D eigenvalue weighted by Gasteiger charge is 2.22. The number of nitrogens with two attached hydrogens (primary N) is 1. The SMILES string of the molecule is Nc1cc(F)ccc1S(=O)(=O)NCC(O)C(F)F. The van der Waals surface area contributed by atoms with Crippen LogP contribution in [0.15, 0.2) is 23.1 Å². The molecule has 0 fully saturated rings. The summed E-state index contributed by atoms with van der Waals surface area (Å²) in [7, 11) is -4.17. The van der Waals surface area contributed by atoms with E-state index in [9.17, 15) is 21.6 Å². The lowest BCUT2D eigenvalue weighted by Gasteiger charge is -2.12. The molecule has 0 aliphatic heterocycles. The maximum atomic E-state index is 12.7. The van der Waals surface area contributed by atoms with Crippen molar-refractivity contribution in [3.8, 4) is 0 Å². The summed E-state index contributed by atoms with van der Waals surface area (Å²) in [6.07, 6.45) is -5.19. The van der Waals surface area contributed by atoms with Gasteiger partial charge in [0.15, 0.2) is 0 Å². The lowest BCUT2D eigenvalue weighted by molar-refractivity contribution is -0.000450. The minimum atomic E-state index is -4.17. The Morgan fingerprint density at radius 2 is 2.00 bits per heavy atom. The fourth-order valence-electron chi connectivity index (χ4n) is 1.13. The smallest absolute Gasteiger partial charge is 0.265 e. The summed E-state index contributed by atoms with van der Waals surface area (Å²) in [6, 6.07) is 2.56. The van der Waals surface area contributed by atoms with Crippen molar-refractivity contribution in [1.29, 1.82) is 0 Å². The van der Waals surface area contributed by atoms with Crippen LogP contribution in [0.1, 0.15) is 0 Å². The number of benzene rings is 1. The second-order valence-corrected chi connectivity index (χ2v) is 5.17. The quantitative estimate of drug-likeness (QED) is 0.679. The zero-order chi connectivity index (χ0) is 13.9. The first kappa shape index (κ1) is 14.7. The molecule has 0 amide bonds. The van der Waals surface area contributed by atoms with Gasteiger partial charge in [-0.25, -0.2) is 26.3 Å². The second-order valence-electron chi connectivity index (χ2n) is 3.44. The van der Waals surface area contributed by atoms with E-state index >= 15 is 0 Å². The first-order valence-corrected chi connectivity index (χ1v) is 6.23. The molecular weight excluding hydrogens is 273 g/mol. The van der Waals surface area contributed by atoms with Gasteiger partial charge < -0.3 is 10.8 Å². The maximum Gasteiger partial charge on any atom is 0.265 e. The third-order valence-corrected chi connectivity index (χ3v) is 3.53. The molecule has 1 unspecified atom stereocenters. The highest BCUT2D eigenvalue weighted by Crippen LogP contribution is 2.18. The van der Waals surface area contributed by atoms with E-state index in [1.807, 2.05) is 0 Å². The molecule has 0 spiro atoms. The molecule has 0 aromatic heterocycles. The second kappa shape index (κ2) is 5.55. The van der Waals surface area contributed by atoms with Crippen molar-refractivity contribution in [2.75, 3.05) is 12.3 Å². The van der Waals surface area contributed by atoms with Gasteiger partial charge in [0.05, 0.1) is 5.69 Å². The van der Waals surface area contributed by atoms with Gasteiger partial charge >= 0.3 is 0 Å². The third kappa shape index (κ3) is 3.59. The van der Waals surface area contributed by atoms with Gasteiger partial charge in [-0.1, -0.05) is 0 Å². The molecule has 4 N–H and O–H groups in total. The third-order valence-electron chi connectivity index (χ3n) is 2.03. The molecule has 18 heavy (non-hydrogen) atoms. The molecule has 0 saturated heterocycles. The topological polar surface area (TPSA) is 92.4 Å². The van der Waals surface area contributed by atoms with Gasteiger partial charge in [0.1, 0.15) is 16.8 Å². The number of hydrogen-bond acceptors (Lipinski definition) is 4. The van der Waals surface area contributed by atoms with E-state index in [-0.39, 0.29) is 5.69 Å². The van der Waals surface area contributed by atoms with Crippen molar-refractivity contribution < 1.29 is 26.7 Å². The van der Waals surface area contributed by atoms with Crippen molar-refractivity contribution >= 4 is 15.7 Å². The van der Waals surface area contributed by atoms with Gasteiger partial charge in [0, 0.05) is 6.54 Å². The van der Waals surface area contributed by atoms with Gasteiger partial charge in [-0.05, 0) is 18.2 Å². The van der Waals surface area contributed by atoms with Crippen LogP contribution in [-0.4, -0.2) is 32.6 Å². The van der Waals surface area contributed by atoms with Crippen molar-refractivity contribution in [2.24, 2.45) is 0 Å². The van der Waals surface area contributed by atoms with E-state index in [1.165, 1.54) is 0 Å². The molecule has 102 valence electrons. The van der Waals surface area contributed by atoms with Crippen LogP contribution in [0, 0.1) is 5.82 Å². The highest BCUT2D eigenvalue weighted by molar-refractivity contribution is 7.89. The van der Waals surface area contributed by atoms with E-state index < -0.39 is 39.8 Å². The Morgan fingerprint density at radius 1 is 1.39 bits per heavy atom. The summed E-state index contributed by atoms with van der Waals surface area (Å²) >= 11 is 0. The van der Waals surface area contributed by atoms with Gasteiger partial charge in [0.25, 0.3) is 6.43 Å². The minimum Gasteiger partial charge on any atom is -0.398 e. The number of nitrogens with one attached hydrogen (secondary N) is 1. The van der Waals surface area contributed by atoms with Crippen LogP contribution in [0.4, 0.5) is 18.9 Å². The lowest BCUT2D eigenvalue weighted by Crippen LogP contribution is -2.36. The van der Waals surface area contributed by atoms with Crippen molar-refractivity contribution in [2.45, 2.75) is 17.4 Å². The van der Waals surface area contributed by atoms with Gasteiger partial charge in [-0.3, -0.25) is 0 Å². The largest absolute Gasteiger partial charge is 0.398 e. The molecule has 1 rings (SSSR count). The number of nitrogen functional groups attached to an aromatic ring is 1. The predicted molar refractivity (Wildman–Crippen MR) is 58.0 cm³/mol. The number of aliphatic hydroxyl groups is 1. The fourth-order valence-corrected chi connectivity index (χ4v) is 2.29. The molecule has 1 atom stereocenters. The molecule has 0 heterocycles. The molecule has 5 nitrogen and oxygen atoms in total. The summed E-state index contributed by atoms with van der Waals surface area (Å²) in [5.74, 6) is -0.723. The van der Waals surface area contributed by atoms with E-state index in [2.05, 4.69) is 0 Å². The zero-order valence-electron chi connectivity index (χ0n) is 8.98. The summed E-state index contributed by atoms with van der Waals surface area (Å²) in [6.45, 7) is -0.864. The van der Waals surface area contributed by atoms with Crippen LogP contribution in [-0.2, 0) is 10.0 Å². The van der Waals surface area contributed by atoms with Crippen molar-refractivity contribution in [3.63, 3.8) is 0 Å². The number of rotatable bonds is 5. The Kier molecular flexibility index (Phi) is 4.54. The Morgan fingerprint density at radius 3 is 2.50 bits per heavy atom. The zero-order valence-corrected chi connectivity index (χ0v) is 9.79. The number of sulfonamides is 1. The lowest BCUT2D eigenvalue weighted by atomic mass is 10.3. The molecule has 1 aromatic carbocycles. The van der Waals surface area contributed by atoms with Gasteiger partial charge in [-0.2, -0.15) is 0 Å². The number of aliphatic hydroxyl groups excluding tert-OH is 1. The standard InChI is InChI=1S/C9H11F3N2O3S/c10-5-1-2-8(6(13)3-5)18(16,17)14-4-7(15)9(11)12/h1-3,7,9,14-15H,4,13H2. The van der Waals surface area contributed by atoms with Crippen LogP contribution < -0.4 is 10.5 Å². The summed E-state index contributed by atoms with van der Waals surface area (Å²) < 4.78 is 61.7. The highest BCUT2D eigenvalue weighted by atomic mass is 32.2. The van der Waals surface area contributed by atoms with Gasteiger partial charge in [-0.15, -0.1) is 0 Å². The number of alkyl halides is 2. The number of anilines is 1. The summed E-state index contributed by atoms with van der Waals surface area (Å²) in [4.78, 5) is -0.439. The predicted octanol–water partition coefficient (Wildman–Crippen LogP) is 0.312. The van der Waals surface area contributed by atoms with Crippen LogP contribution in [0.3, 0.4) is 0 Å². The maximum absolute atomic E-state index is 12.7. The number of hydrogen-bond donors (Lipinski definition) is 3. The van der Waals surface area contributed by atoms with E-state index in [1.54, 1.807) is 4.72 Å². The van der Waals surface area contributed by atoms with Crippen molar-refractivity contribution in [1.82, 2.24) is 4.72 Å². The normalized spacial score (nSPS) is 13.8. The van der Waals surface area contributed by atoms with Crippen LogP contribution in [0.25, 0.3) is 0 Å². The Hall–Kier alpha value is -1.32. The Bertz CT molecular complexity index is 522. The van der Waals surface area contributed by atoms with Gasteiger partial charge in [0.2, 0.25) is 10.0 Å². The van der Waals surface area contributed by atoms with Crippen LogP contribution >= 0.6 is 0 Å². The monoisotopic (exact) mass is 284 g/mol. The Labute approximate surface area is 101 Å². The fraction of sp³-hybridized carbons (Fsp3) is 0.333. The summed E-state index contributed by atoms with van der Waals surface area (Å²) in [5.41, 5.74) is 4.95. The van der Waals surface area contributed by atoms with E-state index in [0.717, 1.165) is 18.2 Å². The molecule has 9 heteroatoms. The molecule has 0 radical (unpaired) electrons. The molecule has 0 aliphatic carbocycles. The average molecular weight is 284 g/mol. The first-order valence-electron chi connectivity index (χ1n) is 4.75. The number of halogens is 3. The molecule has 1 aromatic rings. The van der Waals surface area contributed by atoms with Crippen LogP contribution in [0.5, 0.6) is 0 Å². The molecule has 0 bridgehead atoms. The molecule has 0 aliphatic rings. The van der Waals surface area contributed by atoms with Crippen molar-refractivity contribution in [3.05, 3.63) is 24.0 Å².